The van der Waals surface area contributed by atoms with Crippen LogP contribution in [0.15, 0.2) is 30.6 Å². The molecular formula is C25H33FN6O2. The molecule has 1 aliphatic carbocycles. The third-order valence-corrected chi connectivity index (χ3v) is 6.05. The van der Waals surface area contributed by atoms with Gasteiger partial charge in [0.05, 0.1) is 29.7 Å². The van der Waals surface area contributed by atoms with Gasteiger partial charge in [-0.15, -0.1) is 0 Å². The van der Waals surface area contributed by atoms with Gasteiger partial charge < -0.3 is 20.5 Å². The lowest BCUT2D eigenvalue weighted by molar-refractivity contribution is 0.0271. The predicted octanol–water partition coefficient (Wildman–Crippen LogP) is 4.22. The van der Waals surface area contributed by atoms with Gasteiger partial charge in [-0.2, -0.15) is 0 Å². The Morgan fingerprint density at radius 1 is 1.29 bits per heavy atom. The second-order valence-electron chi connectivity index (χ2n) is 9.31. The predicted molar refractivity (Wildman–Crippen MR) is 132 cm³/mol. The summed E-state index contributed by atoms with van der Waals surface area (Å²) in [4.78, 5) is 24.9. The van der Waals surface area contributed by atoms with Gasteiger partial charge in [-0.3, -0.25) is 9.63 Å². The molecule has 1 aromatic heterocycles. The normalized spacial score (nSPS) is 13.6. The van der Waals surface area contributed by atoms with Crippen LogP contribution in [0.5, 0.6) is 0 Å². The second-order valence-corrected chi connectivity index (χ2v) is 9.31. The first-order valence-electron chi connectivity index (χ1n) is 11.7. The molecule has 0 saturated heterocycles. The molecule has 1 fully saturated rings. The maximum atomic E-state index is 15.8. The van der Waals surface area contributed by atoms with Gasteiger partial charge in [-0.05, 0) is 89.0 Å². The summed E-state index contributed by atoms with van der Waals surface area (Å²) in [5.74, 6) is -0.594. The SMILES string of the molecule is Cc1cc(N)ccc1Nc1c(C(=O)NOCC2CC2)cc2c(ncn2CCCCN(C)C)c1F. The first kappa shape index (κ1) is 24.0. The zero-order valence-electron chi connectivity index (χ0n) is 20.0. The first-order chi connectivity index (χ1) is 16.3. The number of benzene rings is 2. The monoisotopic (exact) mass is 468 g/mol. The Morgan fingerprint density at radius 2 is 2.09 bits per heavy atom. The van der Waals surface area contributed by atoms with E-state index in [2.05, 4.69) is 20.7 Å². The highest BCUT2D eigenvalue weighted by atomic mass is 19.1. The van der Waals surface area contributed by atoms with E-state index in [1.807, 2.05) is 25.6 Å². The van der Waals surface area contributed by atoms with Crippen molar-refractivity contribution < 1.29 is 14.0 Å². The summed E-state index contributed by atoms with van der Waals surface area (Å²) in [6.45, 7) is 3.99. The van der Waals surface area contributed by atoms with E-state index in [4.69, 9.17) is 10.6 Å². The van der Waals surface area contributed by atoms with Gasteiger partial charge in [0.25, 0.3) is 5.91 Å². The van der Waals surface area contributed by atoms with E-state index >= 15 is 4.39 Å². The van der Waals surface area contributed by atoms with Crippen LogP contribution in [0.4, 0.5) is 21.5 Å². The lowest BCUT2D eigenvalue weighted by atomic mass is 10.1. The highest BCUT2D eigenvalue weighted by molar-refractivity contribution is 6.04. The van der Waals surface area contributed by atoms with Crippen LogP contribution < -0.4 is 16.5 Å². The average Bonchev–Trinajstić information content (AvgIpc) is 3.52. The van der Waals surface area contributed by atoms with E-state index in [0.717, 1.165) is 37.8 Å². The van der Waals surface area contributed by atoms with E-state index in [-0.39, 0.29) is 16.8 Å². The molecule has 0 atom stereocenters. The minimum Gasteiger partial charge on any atom is -0.399 e. The summed E-state index contributed by atoms with van der Waals surface area (Å²) in [5, 5.41) is 3.09. The Morgan fingerprint density at radius 3 is 2.79 bits per heavy atom. The molecule has 0 bridgehead atoms. The number of aryl methyl sites for hydroxylation is 2. The molecular weight excluding hydrogens is 435 g/mol. The highest BCUT2D eigenvalue weighted by Gasteiger charge is 2.25. The zero-order chi connectivity index (χ0) is 24.2. The van der Waals surface area contributed by atoms with Crippen LogP contribution >= 0.6 is 0 Å². The van der Waals surface area contributed by atoms with E-state index in [9.17, 15) is 4.79 Å². The number of hydrogen-bond donors (Lipinski definition) is 3. The summed E-state index contributed by atoms with van der Waals surface area (Å²) in [7, 11) is 4.07. The molecule has 0 aliphatic heterocycles. The fourth-order valence-corrected chi connectivity index (χ4v) is 3.87. The Bertz CT molecular complexity index is 1170. The minimum absolute atomic E-state index is 0.0609. The van der Waals surface area contributed by atoms with Crippen LogP contribution in [0, 0.1) is 18.7 Å². The molecule has 8 nitrogen and oxygen atoms in total. The molecule has 4 rings (SSSR count). The Kier molecular flexibility index (Phi) is 7.33. The largest absolute Gasteiger partial charge is 0.399 e. The Hall–Kier alpha value is -3.17. The summed E-state index contributed by atoms with van der Waals surface area (Å²) in [6.07, 6.45) is 5.77. The summed E-state index contributed by atoms with van der Waals surface area (Å²) in [6, 6.07) is 6.97. The van der Waals surface area contributed by atoms with Gasteiger partial charge in [0, 0.05) is 17.9 Å². The molecule has 1 amide bonds. The third kappa shape index (κ3) is 5.66. The van der Waals surface area contributed by atoms with Crippen molar-refractivity contribution in [1.82, 2.24) is 19.9 Å². The van der Waals surface area contributed by atoms with Crippen LogP contribution in [0.1, 0.15) is 41.6 Å². The number of aromatic nitrogens is 2. The molecule has 9 heteroatoms. The molecule has 0 spiro atoms. The molecule has 2 aromatic carbocycles. The standard InChI is InChI=1S/C25H33FN6O2/c1-16-12-18(27)8-9-20(16)29-23-19(25(33)30-34-14-17-6-7-17)13-21-24(22(23)26)28-15-32(21)11-5-4-10-31(2)3/h8-9,12-13,15,17,29H,4-7,10-11,14,27H2,1-3H3,(H,30,33). The maximum Gasteiger partial charge on any atom is 0.277 e. The van der Waals surface area contributed by atoms with Crippen LogP contribution in [-0.2, 0) is 11.4 Å². The van der Waals surface area contributed by atoms with Gasteiger partial charge in [0.1, 0.15) is 5.52 Å². The molecule has 34 heavy (non-hydrogen) atoms. The number of carbonyl (C=O) groups is 1. The number of rotatable bonds is 11. The maximum absolute atomic E-state index is 15.8. The smallest absolute Gasteiger partial charge is 0.277 e. The molecule has 4 N–H and O–H groups in total. The number of nitrogens with two attached hydrogens (primary N) is 1. The quantitative estimate of drug-likeness (QED) is 0.221. The minimum atomic E-state index is -0.576. The lowest BCUT2D eigenvalue weighted by Gasteiger charge is -2.16. The van der Waals surface area contributed by atoms with Crippen molar-refractivity contribution in [3.05, 3.63) is 47.5 Å². The van der Waals surface area contributed by atoms with Gasteiger partial charge in [-0.25, -0.2) is 14.9 Å². The van der Waals surface area contributed by atoms with Crippen LogP contribution in [0.3, 0.4) is 0 Å². The fourth-order valence-electron chi connectivity index (χ4n) is 3.87. The number of hydroxylamine groups is 1. The Balaban J connectivity index is 1.66. The molecule has 0 unspecified atom stereocenters. The summed E-state index contributed by atoms with van der Waals surface area (Å²) >= 11 is 0. The Labute approximate surface area is 199 Å². The number of imidazole rings is 1. The van der Waals surface area contributed by atoms with E-state index < -0.39 is 11.7 Å². The van der Waals surface area contributed by atoms with Crippen molar-refractivity contribution >= 4 is 34.0 Å². The van der Waals surface area contributed by atoms with Crippen molar-refractivity contribution in [2.24, 2.45) is 5.92 Å². The number of unbranched alkanes of at least 4 members (excludes halogenated alkanes) is 1. The number of halogens is 1. The number of nitrogens with zero attached hydrogens (tertiary/aromatic N) is 3. The number of nitrogens with one attached hydrogen (secondary N) is 2. The molecule has 0 radical (unpaired) electrons. The topological polar surface area (TPSA) is 97.4 Å². The third-order valence-electron chi connectivity index (χ3n) is 6.05. The van der Waals surface area contributed by atoms with Gasteiger partial charge in [0.15, 0.2) is 5.82 Å². The van der Waals surface area contributed by atoms with E-state index in [1.54, 1.807) is 30.6 Å². The second kappa shape index (κ2) is 10.4. The molecule has 1 aliphatic rings. The highest BCUT2D eigenvalue weighted by Crippen LogP contribution is 2.33. The van der Waals surface area contributed by atoms with Gasteiger partial charge >= 0.3 is 0 Å². The molecule has 1 saturated carbocycles. The average molecular weight is 469 g/mol. The lowest BCUT2D eigenvalue weighted by Crippen LogP contribution is -2.26. The number of carbonyl (C=O) groups excluding carboxylic acids is 1. The van der Waals surface area contributed by atoms with Crippen molar-refractivity contribution in [3.63, 3.8) is 0 Å². The fraction of sp³-hybridized carbons (Fsp3) is 0.440. The summed E-state index contributed by atoms with van der Waals surface area (Å²) in [5.41, 5.74) is 11.5. The first-order valence-corrected chi connectivity index (χ1v) is 11.7. The van der Waals surface area contributed by atoms with Crippen molar-refractivity contribution in [2.45, 2.75) is 39.2 Å². The molecule has 3 aromatic rings. The van der Waals surface area contributed by atoms with Crippen LogP contribution in [0.2, 0.25) is 0 Å². The van der Waals surface area contributed by atoms with Crippen molar-refractivity contribution in [3.8, 4) is 0 Å². The van der Waals surface area contributed by atoms with Gasteiger partial charge in [-0.1, -0.05) is 0 Å². The van der Waals surface area contributed by atoms with Crippen LogP contribution in [-0.4, -0.2) is 47.6 Å². The number of hydrogen-bond acceptors (Lipinski definition) is 6. The number of fused-ring (bicyclic) bond motifs is 1. The van der Waals surface area contributed by atoms with Crippen LogP contribution in [0.25, 0.3) is 11.0 Å². The number of amides is 1. The van der Waals surface area contributed by atoms with E-state index in [1.165, 1.54) is 0 Å². The number of anilines is 3. The summed E-state index contributed by atoms with van der Waals surface area (Å²) < 4.78 is 17.7. The molecule has 1 heterocycles. The van der Waals surface area contributed by atoms with Crippen molar-refractivity contribution in [2.75, 3.05) is 38.3 Å². The van der Waals surface area contributed by atoms with E-state index in [0.29, 0.717) is 36.0 Å². The number of nitrogen functional groups attached to an aromatic ring is 1. The van der Waals surface area contributed by atoms with Crippen molar-refractivity contribution in [1.29, 1.82) is 0 Å². The van der Waals surface area contributed by atoms with Gasteiger partial charge in [0.2, 0.25) is 0 Å². The molecule has 182 valence electrons. The zero-order valence-corrected chi connectivity index (χ0v) is 20.0.